The van der Waals surface area contributed by atoms with Crippen LogP contribution < -0.4 is 43.1 Å². The number of carbonyl (C=O) groups is 4. The molecule has 18 nitrogen and oxygen atoms in total. The van der Waals surface area contributed by atoms with Gasteiger partial charge in [-0.2, -0.15) is 0 Å². The summed E-state index contributed by atoms with van der Waals surface area (Å²) in [5, 5.41) is 36.8. The molecule has 0 fully saturated rings. The van der Waals surface area contributed by atoms with Gasteiger partial charge in [-0.25, -0.2) is 54.7 Å². The number of benzene rings is 4. The minimum atomic E-state index is -2.52. The molecule has 2 aromatic heterocycles. The van der Waals surface area contributed by atoms with Crippen molar-refractivity contribution in [2.75, 3.05) is 22.9 Å². The largest absolute Gasteiger partial charge is 0.545 e. The third-order valence-electron chi connectivity index (χ3n) is 6.84. The van der Waals surface area contributed by atoms with Gasteiger partial charge < -0.3 is 52.9 Å². The summed E-state index contributed by atoms with van der Waals surface area (Å²) in [6.07, 6.45) is 0. The molecule has 0 amide bonds. The van der Waals surface area contributed by atoms with Crippen LogP contribution >= 0.6 is 0 Å². The second-order valence-electron chi connectivity index (χ2n) is 10.8. The third-order valence-corrected chi connectivity index (χ3v) is 6.84. The highest BCUT2D eigenvalue weighted by atomic mass is 19.2. The fourth-order valence-electron chi connectivity index (χ4n) is 4.31. The van der Waals surface area contributed by atoms with E-state index in [0.717, 1.165) is 11.1 Å². The first-order valence-electron chi connectivity index (χ1n) is 15.4. The van der Waals surface area contributed by atoms with E-state index in [4.69, 9.17) is 33.1 Å². The van der Waals surface area contributed by atoms with Gasteiger partial charge in [0, 0.05) is 11.1 Å². The maximum atomic E-state index is 12.9. The molecule has 0 bridgehead atoms. The van der Waals surface area contributed by atoms with Crippen molar-refractivity contribution in [3.8, 4) is 22.8 Å². The number of hydrogen-bond donors (Lipinski definition) is 6. The minimum Gasteiger partial charge on any atom is -0.545 e. The third kappa shape index (κ3) is 10.8. The standard InChI is InChI=1S/2C9H9N5.2C8H2F4O4/c2*10-8-12-7(13-9(11)14-8)6-4-2-1-3-5-6;2*9-3-1(7(13)14)4(10)6(12)2(5(3)11)8(15)16/h2*1-5H,(H4,10,11,12,13,14);2*(H,13,14)(H,15,16). The summed E-state index contributed by atoms with van der Waals surface area (Å²) in [5.41, 5.74) is 16.0. The van der Waals surface area contributed by atoms with Crippen LogP contribution in [0.5, 0.6) is 0 Å². The zero-order chi connectivity index (χ0) is 45.2. The number of hydrogen-bond acceptors (Lipinski definition) is 14. The van der Waals surface area contributed by atoms with Gasteiger partial charge in [0.05, 0.1) is 23.1 Å². The second-order valence-corrected chi connectivity index (χ2v) is 10.8. The highest BCUT2D eigenvalue weighted by Crippen LogP contribution is 2.25. The molecule has 0 aliphatic carbocycles. The van der Waals surface area contributed by atoms with Crippen molar-refractivity contribution in [1.82, 2.24) is 19.9 Å². The highest BCUT2D eigenvalue weighted by Gasteiger charge is 2.32. The SMILES string of the molecule is Nc1nc(-c2ccccc2)nc(N)[nH+]1.Nc1nc(-c2ccccc2)nc(N)[nH+]1.O=C(O)c1c(F)c(F)c(C(=O)O)c(F)c1F.O=C([O-])c1c(F)c(F)c(C(=O)[O-])c(F)c1F. The van der Waals surface area contributed by atoms with Crippen LogP contribution in [-0.2, 0) is 0 Å². The second kappa shape index (κ2) is 19.5. The Balaban J connectivity index is 0.000000214. The molecule has 12 N–H and O–H groups in total. The Morgan fingerprint density at radius 1 is 0.433 bits per heavy atom. The molecule has 4 aromatic carbocycles. The molecule has 0 atom stereocenters. The molecular weight excluding hydrogens is 828 g/mol. The van der Waals surface area contributed by atoms with E-state index in [1.54, 1.807) is 0 Å². The van der Waals surface area contributed by atoms with Crippen LogP contribution in [0.4, 0.5) is 58.9 Å². The number of nitrogens with two attached hydrogens (primary N) is 4. The maximum Gasteiger partial charge on any atom is 0.341 e. The number of halogens is 8. The Bertz CT molecular complexity index is 2250. The van der Waals surface area contributed by atoms with Crippen molar-refractivity contribution < 1.29 is 84.7 Å². The predicted octanol–water partition coefficient (Wildman–Crippen LogP) is 0.854. The fraction of sp³-hybridized carbons (Fsp3) is 0. The molecule has 0 unspecified atom stereocenters. The lowest BCUT2D eigenvalue weighted by atomic mass is 10.1. The molecule has 0 radical (unpaired) electrons. The van der Waals surface area contributed by atoms with Crippen LogP contribution in [0.15, 0.2) is 60.7 Å². The molecule has 26 heteroatoms. The Kier molecular flexibility index (Phi) is 14.9. The van der Waals surface area contributed by atoms with Gasteiger partial charge in [-0.15, -0.1) is 0 Å². The summed E-state index contributed by atoms with van der Waals surface area (Å²) in [6, 6.07) is 19.1. The van der Waals surface area contributed by atoms with E-state index in [2.05, 4.69) is 29.9 Å². The zero-order valence-corrected chi connectivity index (χ0v) is 29.2. The predicted molar refractivity (Wildman–Crippen MR) is 181 cm³/mol. The summed E-state index contributed by atoms with van der Waals surface area (Å²) in [7, 11) is 0. The van der Waals surface area contributed by atoms with E-state index in [1.807, 2.05) is 60.7 Å². The number of anilines is 4. The number of carboxylic acid groups (broad SMARTS) is 4. The van der Waals surface area contributed by atoms with E-state index in [1.165, 1.54) is 0 Å². The summed E-state index contributed by atoms with van der Waals surface area (Å²) >= 11 is 0. The molecule has 0 saturated heterocycles. The van der Waals surface area contributed by atoms with Gasteiger partial charge in [-0.1, -0.05) is 56.3 Å². The molecule has 2 heterocycles. The molecular formula is C34H22F8N10O8. The minimum absolute atomic E-state index is 0.261. The first-order valence-corrected chi connectivity index (χ1v) is 15.4. The monoisotopic (exact) mass is 850 g/mol. The molecule has 312 valence electrons. The van der Waals surface area contributed by atoms with Gasteiger partial charge in [0.2, 0.25) is 0 Å². The summed E-state index contributed by atoms with van der Waals surface area (Å²) in [6.45, 7) is 0. The first-order chi connectivity index (χ1) is 28.1. The Hall–Kier alpha value is -8.58. The van der Waals surface area contributed by atoms with Crippen molar-refractivity contribution in [3.63, 3.8) is 0 Å². The molecule has 6 rings (SSSR count). The average Bonchev–Trinajstić information content (AvgIpc) is 3.17. The summed E-state index contributed by atoms with van der Waals surface area (Å²) < 4.78 is 103. The number of nitrogen functional groups attached to an aromatic ring is 4. The van der Waals surface area contributed by atoms with E-state index < -0.39 is 92.7 Å². The molecule has 60 heavy (non-hydrogen) atoms. The van der Waals surface area contributed by atoms with Crippen LogP contribution in [0.1, 0.15) is 41.4 Å². The number of nitrogens with zero attached hydrogens (tertiary/aromatic N) is 4. The van der Waals surface area contributed by atoms with Crippen molar-refractivity contribution in [1.29, 1.82) is 0 Å². The normalized spacial score (nSPS) is 10.1. The van der Waals surface area contributed by atoms with Crippen molar-refractivity contribution in [3.05, 3.63) is 129 Å². The molecule has 0 spiro atoms. The topological polar surface area (TPSA) is 339 Å². The van der Waals surface area contributed by atoms with Crippen LogP contribution in [-0.4, -0.2) is 54.0 Å². The molecule has 0 saturated carbocycles. The lowest BCUT2D eigenvalue weighted by Gasteiger charge is -2.12. The Labute approximate surface area is 327 Å². The summed E-state index contributed by atoms with van der Waals surface area (Å²) in [4.78, 5) is 62.2. The molecule has 0 aliphatic heterocycles. The Morgan fingerprint density at radius 2 is 0.650 bits per heavy atom. The van der Waals surface area contributed by atoms with Gasteiger partial charge in [-0.3, -0.25) is 0 Å². The average molecular weight is 851 g/mol. The number of rotatable bonds is 6. The quantitative estimate of drug-likeness (QED) is 0.0999. The van der Waals surface area contributed by atoms with Crippen molar-refractivity contribution >= 4 is 47.7 Å². The van der Waals surface area contributed by atoms with Gasteiger partial charge in [0.25, 0.3) is 11.6 Å². The first kappa shape index (κ1) is 45.8. The molecule has 0 aliphatic rings. The van der Waals surface area contributed by atoms with E-state index >= 15 is 0 Å². The number of carbonyl (C=O) groups excluding carboxylic acids is 2. The van der Waals surface area contributed by atoms with Crippen molar-refractivity contribution in [2.24, 2.45) is 0 Å². The van der Waals surface area contributed by atoms with Crippen molar-refractivity contribution in [2.45, 2.75) is 0 Å². The Morgan fingerprint density at radius 3 is 0.850 bits per heavy atom. The number of aromatic nitrogens is 6. The fourth-order valence-corrected chi connectivity index (χ4v) is 4.31. The van der Waals surface area contributed by atoms with Gasteiger partial charge in [0.15, 0.2) is 46.5 Å². The van der Waals surface area contributed by atoms with Crippen LogP contribution in [0, 0.1) is 46.5 Å². The van der Waals surface area contributed by atoms with Crippen LogP contribution in [0.3, 0.4) is 0 Å². The lowest BCUT2D eigenvalue weighted by molar-refractivity contribution is -0.351. The molecule has 6 aromatic rings. The van der Waals surface area contributed by atoms with Crippen LogP contribution in [0.2, 0.25) is 0 Å². The summed E-state index contributed by atoms with van der Waals surface area (Å²) in [5.74, 6) is -25.9. The van der Waals surface area contributed by atoms with Gasteiger partial charge in [0.1, 0.15) is 11.1 Å². The highest BCUT2D eigenvalue weighted by molar-refractivity contribution is 5.93. The lowest BCUT2D eigenvalue weighted by Crippen LogP contribution is -2.30. The zero-order valence-electron chi connectivity index (χ0n) is 29.2. The van der Waals surface area contributed by atoms with E-state index in [-0.39, 0.29) is 23.8 Å². The number of carboxylic acids is 4. The van der Waals surface area contributed by atoms with Gasteiger partial charge >= 0.3 is 35.7 Å². The van der Waals surface area contributed by atoms with Crippen LogP contribution in [0.25, 0.3) is 22.8 Å². The number of aromatic carboxylic acids is 4. The smallest absolute Gasteiger partial charge is 0.341 e. The van der Waals surface area contributed by atoms with Gasteiger partial charge in [-0.05, 0) is 24.3 Å². The number of aromatic amines is 2. The maximum absolute atomic E-state index is 12.9. The number of H-pyrrole nitrogens is 2. The van der Waals surface area contributed by atoms with E-state index in [9.17, 15) is 64.5 Å². The number of nitrogens with one attached hydrogen (secondary N) is 2. The van der Waals surface area contributed by atoms with E-state index in [0.29, 0.717) is 11.6 Å².